The zero-order valence-electron chi connectivity index (χ0n) is 28.4. The second-order valence-corrected chi connectivity index (χ2v) is 13.3. The summed E-state index contributed by atoms with van der Waals surface area (Å²) in [6.07, 6.45) is 0. The molecule has 0 aliphatic heterocycles. The lowest BCUT2D eigenvalue weighted by molar-refractivity contribution is 1.18. The van der Waals surface area contributed by atoms with Crippen molar-refractivity contribution in [2.45, 2.75) is 0 Å². The van der Waals surface area contributed by atoms with Gasteiger partial charge in [0.1, 0.15) is 0 Å². The van der Waals surface area contributed by atoms with E-state index in [4.69, 9.17) is 9.97 Å². The summed E-state index contributed by atoms with van der Waals surface area (Å²) in [4.78, 5) is 10.4. The van der Waals surface area contributed by atoms with Crippen molar-refractivity contribution in [3.63, 3.8) is 0 Å². The van der Waals surface area contributed by atoms with E-state index in [1.807, 2.05) is 12.1 Å². The Balaban J connectivity index is 1.25. The Morgan fingerprint density at radius 3 is 1.33 bits per heavy atom. The smallest absolute Gasteiger partial charge is 0.160 e. The first kappa shape index (κ1) is 30.0. The number of aromatic nitrogens is 2. The summed E-state index contributed by atoms with van der Waals surface area (Å²) in [6, 6.07) is 69.2. The van der Waals surface area contributed by atoms with Crippen molar-refractivity contribution < 1.29 is 0 Å². The number of rotatable bonds is 6. The highest BCUT2D eigenvalue weighted by Gasteiger charge is 2.30. The van der Waals surface area contributed by atoms with Crippen molar-refractivity contribution in [3.8, 4) is 89.5 Å². The van der Waals surface area contributed by atoms with Crippen LogP contribution >= 0.6 is 0 Å². The summed E-state index contributed by atoms with van der Waals surface area (Å²) in [5.74, 6) is 0.699. The van der Waals surface area contributed by atoms with Crippen LogP contribution in [0.5, 0.6) is 0 Å². The zero-order chi connectivity index (χ0) is 34.4. The molecule has 0 radical (unpaired) electrons. The highest BCUT2D eigenvalue weighted by Crippen LogP contribution is 2.57. The monoisotopic (exact) mass is 660 g/mol. The van der Waals surface area contributed by atoms with Crippen LogP contribution in [0.4, 0.5) is 0 Å². The van der Waals surface area contributed by atoms with E-state index in [9.17, 15) is 0 Å². The van der Waals surface area contributed by atoms with E-state index < -0.39 is 0 Å². The average Bonchev–Trinajstić information content (AvgIpc) is 3.57. The maximum atomic E-state index is 5.18. The van der Waals surface area contributed by atoms with Crippen LogP contribution in [0.15, 0.2) is 194 Å². The van der Waals surface area contributed by atoms with Crippen LogP contribution in [0.2, 0.25) is 0 Å². The molecule has 52 heavy (non-hydrogen) atoms. The van der Waals surface area contributed by atoms with Crippen LogP contribution in [0.3, 0.4) is 0 Å². The third-order valence-electron chi connectivity index (χ3n) is 10.2. The number of fused-ring (bicyclic) bond motifs is 3. The SMILES string of the molecule is c1ccc(-c2cc(-c3ccccc3)nc(-c3cccc(-c4cc(-c5ccccc5)c5c(c4-c4ccccc4)-c4cccc6cccc-5c46)c3)n2)cc1. The number of nitrogens with zero attached hydrogens (tertiary/aromatic N) is 2. The van der Waals surface area contributed by atoms with E-state index in [2.05, 4.69) is 182 Å². The Morgan fingerprint density at radius 2 is 0.731 bits per heavy atom. The van der Waals surface area contributed by atoms with Crippen molar-refractivity contribution in [3.05, 3.63) is 194 Å². The molecular formula is C50H32N2. The van der Waals surface area contributed by atoms with Gasteiger partial charge in [0.05, 0.1) is 11.4 Å². The number of benzene rings is 8. The van der Waals surface area contributed by atoms with Gasteiger partial charge in [-0.1, -0.05) is 176 Å². The van der Waals surface area contributed by atoms with E-state index in [1.54, 1.807) is 0 Å². The van der Waals surface area contributed by atoms with Crippen LogP contribution < -0.4 is 0 Å². The molecule has 1 aliphatic rings. The van der Waals surface area contributed by atoms with Gasteiger partial charge in [0.15, 0.2) is 5.82 Å². The average molecular weight is 661 g/mol. The van der Waals surface area contributed by atoms with Gasteiger partial charge in [-0.2, -0.15) is 0 Å². The molecule has 0 atom stereocenters. The maximum Gasteiger partial charge on any atom is 0.160 e. The Hall–Kier alpha value is -6.90. The summed E-state index contributed by atoms with van der Waals surface area (Å²) in [5, 5.41) is 2.58. The molecule has 1 aromatic heterocycles. The fourth-order valence-corrected chi connectivity index (χ4v) is 7.88. The van der Waals surface area contributed by atoms with Crippen LogP contribution in [-0.2, 0) is 0 Å². The van der Waals surface area contributed by atoms with Crippen molar-refractivity contribution in [2.24, 2.45) is 0 Å². The van der Waals surface area contributed by atoms with Crippen LogP contribution in [0, 0.1) is 0 Å². The lowest BCUT2D eigenvalue weighted by atomic mass is 9.82. The topological polar surface area (TPSA) is 25.8 Å². The summed E-state index contributed by atoms with van der Waals surface area (Å²) >= 11 is 0. The molecule has 0 saturated heterocycles. The first-order valence-corrected chi connectivity index (χ1v) is 17.8. The summed E-state index contributed by atoms with van der Waals surface area (Å²) in [6.45, 7) is 0. The zero-order valence-corrected chi connectivity index (χ0v) is 28.4. The highest BCUT2D eigenvalue weighted by molar-refractivity contribution is 6.22. The first-order chi connectivity index (χ1) is 25.8. The van der Waals surface area contributed by atoms with Gasteiger partial charge in [-0.05, 0) is 84.6 Å². The molecule has 1 heterocycles. The molecule has 9 aromatic rings. The molecular weight excluding hydrogens is 629 g/mol. The molecule has 1 aliphatic carbocycles. The number of hydrogen-bond acceptors (Lipinski definition) is 2. The van der Waals surface area contributed by atoms with Gasteiger partial charge >= 0.3 is 0 Å². The van der Waals surface area contributed by atoms with Gasteiger partial charge in [-0.25, -0.2) is 9.97 Å². The molecule has 10 rings (SSSR count). The predicted molar refractivity (Wildman–Crippen MR) is 217 cm³/mol. The Kier molecular flexibility index (Phi) is 7.18. The van der Waals surface area contributed by atoms with E-state index >= 15 is 0 Å². The van der Waals surface area contributed by atoms with Gasteiger partial charge < -0.3 is 0 Å². The molecule has 0 saturated carbocycles. The molecule has 0 N–H and O–H groups in total. The molecule has 0 amide bonds. The molecule has 8 aromatic carbocycles. The van der Waals surface area contributed by atoms with Gasteiger partial charge in [-0.3, -0.25) is 0 Å². The lowest BCUT2D eigenvalue weighted by Crippen LogP contribution is -1.97. The van der Waals surface area contributed by atoms with Crippen molar-refractivity contribution in [1.82, 2.24) is 9.97 Å². The second-order valence-electron chi connectivity index (χ2n) is 13.3. The minimum absolute atomic E-state index is 0.699. The maximum absolute atomic E-state index is 5.18. The largest absolute Gasteiger partial charge is 0.228 e. The Bertz CT molecular complexity index is 2690. The first-order valence-electron chi connectivity index (χ1n) is 17.8. The lowest BCUT2D eigenvalue weighted by Gasteiger charge is -2.21. The molecule has 0 unspecified atom stereocenters. The summed E-state index contributed by atoms with van der Waals surface area (Å²) in [5.41, 5.74) is 17.2. The van der Waals surface area contributed by atoms with Gasteiger partial charge in [0, 0.05) is 16.7 Å². The van der Waals surface area contributed by atoms with Gasteiger partial charge in [0.25, 0.3) is 0 Å². The minimum atomic E-state index is 0.699. The Labute approximate surface area is 303 Å². The van der Waals surface area contributed by atoms with Gasteiger partial charge in [0.2, 0.25) is 0 Å². The van der Waals surface area contributed by atoms with Crippen molar-refractivity contribution >= 4 is 10.8 Å². The minimum Gasteiger partial charge on any atom is -0.228 e. The van der Waals surface area contributed by atoms with E-state index in [0.29, 0.717) is 5.82 Å². The summed E-state index contributed by atoms with van der Waals surface area (Å²) in [7, 11) is 0. The second kappa shape index (κ2) is 12.5. The standard InChI is InChI=1S/C50H32N2/c1-5-16-33(17-6-1)42-31-43(47(37-22-11-4-12-23-37)49-41-29-15-25-36-24-14-28-40(46(36)41)48(42)49)38-26-13-27-39(30-38)50-51-44(34-18-7-2-8-19-34)32-45(52-50)35-20-9-3-10-21-35/h1-32H. The van der Waals surface area contributed by atoms with E-state index in [0.717, 1.165) is 33.6 Å². The fourth-order valence-electron chi connectivity index (χ4n) is 7.88. The third-order valence-corrected chi connectivity index (χ3v) is 10.2. The molecule has 0 bridgehead atoms. The molecule has 242 valence electrons. The van der Waals surface area contributed by atoms with E-state index in [-0.39, 0.29) is 0 Å². The van der Waals surface area contributed by atoms with Crippen molar-refractivity contribution in [2.75, 3.05) is 0 Å². The van der Waals surface area contributed by atoms with Crippen molar-refractivity contribution in [1.29, 1.82) is 0 Å². The van der Waals surface area contributed by atoms with Crippen LogP contribution in [0.1, 0.15) is 0 Å². The molecule has 0 spiro atoms. The molecule has 2 heteroatoms. The molecule has 0 fully saturated rings. The van der Waals surface area contributed by atoms with Crippen LogP contribution in [0.25, 0.3) is 100 Å². The van der Waals surface area contributed by atoms with Crippen LogP contribution in [-0.4, -0.2) is 9.97 Å². The Morgan fingerprint density at radius 1 is 0.269 bits per heavy atom. The van der Waals surface area contributed by atoms with E-state index in [1.165, 1.54) is 60.8 Å². The third kappa shape index (κ3) is 5.04. The summed E-state index contributed by atoms with van der Waals surface area (Å²) < 4.78 is 0. The quantitative estimate of drug-likeness (QED) is 0.177. The highest BCUT2D eigenvalue weighted by atomic mass is 14.9. The normalized spacial score (nSPS) is 11.5. The number of hydrogen-bond donors (Lipinski definition) is 0. The van der Waals surface area contributed by atoms with Gasteiger partial charge in [-0.15, -0.1) is 0 Å². The fraction of sp³-hybridized carbons (Fsp3) is 0. The molecule has 2 nitrogen and oxygen atoms in total. The predicted octanol–water partition coefficient (Wildman–Crippen LogP) is 13.3.